The first-order valence-electron chi connectivity index (χ1n) is 9.45. The van der Waals surface area contributed by atoms with Gasteiger partial charge in [-0.2, -0.15) is 4.98 Å². The van der Waals surface area contributed by atoms with Gasteiger partial charge in [0.25, 0.3) is 0 Å². The topological polar surface area (TPSA) is 75.3 Å². The van der Waals surface area contributed by atoms with E-state index >= 15 is 0 Å². The van der Waals surface area contributed by atoms with E-state index in [1.54, 1.807) is 12.6 Å². The molecule has 1 aromatic carbocycles. The molecule has 1 aliphatic carbocycles. The molecule has 1 aliphatic rings. The van der Waals surface area contributed by atoms with Crippen LogP contribution in [0.1, 0.15) is 38.0 Å². The highest BCUT2D eigenvalue weighted by molar-refractivity contribution is 14.0. The summed E-state index contributed by atoms with van der Waals surface area (Å²) in [5.74, 6) is 1.93. The quantitative estimate of drug-likeness (QED) is 0.244. The molecule has 8 heteroatoms. The Morgan fingerprint density at radius 2 is 2.04 bits per heavy atom. The Morgan fingerprint density at radius 3 is 2.75 bits per heavy atom. The van der Waals surface area contributed by atoms with Crippen LogP contribution in [0, 0.1) is 0 Å². The van der Waals surface area contributed by atoms with Crippen molar-refractivity contribution in [2.75, 3.05) is 20.1 Å². The van der Waals surface area contributed by atoms with E-state index < -0.39 is 0 Å². The molecule has 0 fully saturated rings. The summed E-state index contributed by atoms with van der Waals surface area (Å²) in [5, 5.41) is 11.3. The zero-order valence-electron chi connectivity index (χ0n) is 16.1. The SMILES string of the molecule is CN=C(NCCC1=CCCCC1)NCCc1nc(-c2cccc(Cl)c2)no1.I. The van der Waals surface area contributed by atoms with Crippen molar-refractivity contribution in [3.05, 3.63) is 46.8 Å². The van der Waals surface area contributed by atoms with Crippen molar-refractivity contribution in [3.63, 3.8) is 0 Å². The highest BCUT2D eigenvalue weighted by atomic mass is 127. The monoisotopic (exact) mass is 515 g/mol. The lowest BCUT2D eigenvalue weighted by Gasteiger charge is -2.14. The van der Waals surface area contributed by atoms with Crippen molar-refractivity contribution in [1.82, 2.24) is 20.8 Å². The molecule has 0 bridgehead atoms. The number of guanidine groups is 1. The molecule has 0 saturated heterocycles. The number of aliphatic imine (C=N–C) groups is 1. The van der Waals surface area contributed by atoms with Gasteiger partial charge in [0, 0.05) is 37.1 Å². The van der Waals surface area contributed by atoms with E-state index in [1.807, 2.05) is 24.3 Å². The minimum Gasteiger partial charge on any atom is -0.356 e. The third-order valence-corrected chi connectivity index (χ3v) is 4.76. The molecule has 1 heterocycles. The number of halogens is 2. The maximum absolute atomic E-state index is 6.01. The number of nitrogens with zero attached hydrogens (tertiary/aromatic N) is 3. The van der Waals surface area contributed by atoms with Gasteiger partial charge >= 0.3 is 0 Å². The zero-order chi connectivity index (χ0) is 18.9. The van der Waals surface area contributed by atoms with E-state index in [-0.39, 0.29) is 24.0 Å². The molecule has 0 amide bonds. The van der Waals surface area contributed by atoms with E-state index in [1.165, 1.54) is 25.7 Å². The van der Waals surface area contributed by atoms with Crippen molar-refractivity contribution in [2.45, 2.75) is 38.5 Å². The van der Waals surface area contributed by atoms with Crippen LogP contribution in [-0.2, 0) is 6.42 Å². The Balaban J connectivity index is 0.00000280. The molecule has 0 atom stereocenters. The maximum atomic E-state index is 6.01. The van der Waals surface area contributed by atoms with Crippen molar-refractivity contribution in [3.8, 4) is 11.4 Å². The van der Waals surface area contributed by atoms with Gasteiger partial charge in [0.05, 0.1) is 0 Å². The molecule has 2 N–H and O–H groups in total. The summed E-state index contributed by atoms with van der Waals surface area (Å²) >= 11 is 6.01. The fourth-order valence-electron chi connectivity index (χ4n) is 3.08. The van der Waals surface area contributed by atoms with Crippen molar-refractivity contribution in [2.24, 2.45) is 4.99 Å². The molecule has 2 aromatic rings. The van der Waals surface area contributed by atoms with Crippen LogP contribution in [0.5, 0.6) is 0 Å². The van der Waals surface area contributed by atoms with Gasteiger partial charge in [-0.1, -0.05) is 40.5 Å². The predicted octanol–water partition coefficient (Wildman–Crippen LogP) is 4.61. The molecule has 3 rings (SSSR count). The van der Waals surface area contributed by atoms with Gasteiger partial charge in [-0.3, -0.25) is 4.99 Å². The Morgan fingerprint density at radius 1 is 1.21 bits per heavy atom. The largest absolute Gasteiger partial charge is 0.356 e. The summed E-state index contributed by atoms with van der Waals surface area (Å²) in [5.41, 5.74) is 2.41. The van der Waals surface area contributed by atoms with Crippen LogP contribution >= 0.6 is 35.6 Å². The van der Waals surface area contributed by atoms with E-state index in [0.717, 1.165) is 24.5 Å². The second-order valence-electron chi connectivity index (χ2n) is 6.56. The summed E-state index contributed by atoms with van der Waals surface area (Å²) in [6.45, 7) is 1.56. The van der Waals surface area contributed by atoms with Gasteiger partial charge in [-0.25, -0.2) is 0 Å². The highest BCUT2D eigenvalue weighted by Gasteiger charge is 2.09. The molecule has 0 saturated carbocycles. The minimum absolute atomic E-state index is 0. The second-order valence-corrected chi connectivity index (χ2v) is 6.99. The molecule has 0 aliphatic heterocycles. The predicted molar refractivity (Wildman–Crippen MR) is 124 cm³/mol. The summed E-state index contributed by atoms with van der Waals surface area (Å²) in [6, 6.07) is 7.42. The van der Waals surface area contributed by atoms with Crippen molar-refractivity contribution in [1.29, 1.82) is 0 Å². The first kappa shape index (κ1) is 22.7. The summed E-state index contributed by atoms with van der Waals surface area (Å²) in [7, 11) is 1.78. The highest BCUT2D eigenvalue weighted by Crippen LogP contribution is 2.20. The number of rotatable bonds is 7. The van der Waals surface area contributed by atoms with Gasteiger partial charge in [0.15, 0.2) is 5.96 Å². The first-order valence-corrected chi connectivity index (χ1v) is 9.83. The van der Waals surface area contributed by atoms with Crippen molar-refractivity contribution >= 4 is 41.5 Å². The van der Waals surface area contributed by atoms with E-state index in [2.05, 4.69) is 31.8 Å². The smallest absolute Gasteiger partial charge is 0.228 e. The maximum Gasteiger partial charge on any atom is 0.228 e. The summed E-state index contributed by atoms with van der Waals surface area (Å²) in [4.78, 5) is 8.68. The molecule has 0 unspecified atom stereocenters. The molecular formula is C20H27ClIN5O. The lowest BCUT2D eigenvalue weighted by atomic mass is 9.97. The number of aromatic nitrogens is 2. The average molecular weight is 516 g/mol. The fraction of sp³-hybridized carbons (Fsp3) is 0.450. The third kappa shape index (κ3) is 7.09. The molecule has 0 spiro atoms. The van der Waals surface area contributed by atoms with Gasteiger partial charge in [-0.15, -0.1) is 24.0 Å². The molecular weight excluding hydrogens is 489 g/mol. The standard InChI is InChI=1S/C20H26ClN5O.HI/c1-22-20(23-12-10-15-6-3-2-4-7-15)24-13-11-18-25-19(26-27-18)16-8-5-9-17(21)14-16;/h5-6,8-9,14H,2-4,7,10-13H2,1H3,(H2,22,23,24);1H. The second kappa shape index (κ2) is 12.1. The molecule has 28 heavy (non-hydrogen) atoms. The summed E-state index contributed by atoms with van der Waals surface area (Å²) < 4.78 is 5.32. The van der Waals surface area contributed by atoms with Gasteiger partial charge in [-0.05, 0) is 44.2 Å². The van der Waals surface area contributed by atoms with Crippen LogP contribution in [0.3, 0.4) is 0 Å². The zero-order valence-corrected chi connectivity index (χ0v) is 19.2. The third-order valence-electron chi connectivity index (χ3n) is 4.53. The lowest BCUT2D eigenvalue weighted by molar-refractivity contribution is 0.378. The number of hydrogen-bond donors (Lipinski definition) is 2. The average Bonchev–Trinajstić information content (AvgIpc) is 3.16. The van der Waals surface area contributed by atoms with Crippen LogP contribution in [-0.4, -0.2) is 36.2 Å². The van der Waals surface area contributed by atoms with Crippen LogP contribution < -0.4 is 10.6 Å². The minimum atomic E-state index is 0. The molecule has 0 radical (unpaired) electrons. The Kier molecular flexibility index (Phi) is 9.77. The van der Waals surface area contributed by atoms with Crippen LogP contribution in [0.25, 0.3) is 11.4 Å². The number of nitrogens with one attached hydrogen (secondary N) is 2. The van der Waals surface area contributed by atoms with Crippen LogP contribution in [0.2, 0.25) is 5.02 Å². The Bertz CT molecular complexity index is 805. The molecule has 152 valence electrons. The van der Waals surface area contributed by atoms with E-state index in [0.29, 0.717) is 29.7 Å². The molecule has 1 aromatic heterocycles. The Hall–Kier alpha value is -1.61. The van der Waals surface area contributed by atoms with Gasteiger partial charge in [0.2, 0.25) is 11.7 Å². The number of allylic oxidation sites excluding steroid dienone is 1. The van der Waals surface area contributed by atoms with E-state index in [9.17, 15) is 0 Å². The summed E-state index contributed by atoms with van der Waals surface area (Å²) in [6.07, 6.45) is 9.19. The normalized spacial score (nSPS) is 14.2. The Labute approximate surface area is 188 Å². The van der Waals surface area contributed by atoms with E-state index in [4.69, 9.17) is 16.1 Å². The van der Waals surface area contributed by atoms with Crippen LogP contribution in [0.4, 0.5) is 0 Å². The number of hydrogen-bond acceptors (Lipinski definition) is 4. The fourth-order valence-corrected chi connectivity index (χ4v) is 3.27. The first-order chi connectivity index (χ1) is 13.2. The lowest BCUT2D eigenvalue weighted by Crippen LogP contribution is -2.38. The number of benzene rings is 1. The van der Waals surface area contributed by atoms with Crippen molar-refractivity contribution < 1.29 is 4.52 Å². The van der Waals surface area contributed by atoms with Gasteiger partial charge in [0.1, 0.15) is 0 Å². The van der Waals surface area contributed by atoms with Gasteiger partial charge < -0.3 is 15.2 Å². The van der Waals surface area contributed by atoms with Crippen LogP contribution in [0.15, 0.2) is 45.4 Å². The molecule has 6 nitrogen and oxygen atoms in total.